The Hall–Kier alpha value is -5.13. The first-order valence-corrected chi connectivity index (χ1v) is 14.3. The summed E-state index contributed by atoms with van der Waals surface area (Å²) in [5.41, 5.74) is 1.14. The molecule has 3 atom stereocenters. The second kappa shape index (κ2) is 15.0. The number of rotatable bonds is 12. The molecule has 240 valence electrons. The molecular weight excluding hydrogens is 582 g/mol. The van der Waals surface area contributed by atoms with Gasteiger partial charge < -0.3 is 44.4 Å². The van der Waals surface area contributed by atoms with E-state index in [1.54, 1.807) is 54.6 Å². The maximum Gasteiger partial charge on any atom is 0.251 e. The summed E-state index contributed by atoms with van der Waals surface area (Å²) >= 11 is 0. The van der Waals surface area contributed by atoms with E-state index in [0.717, 1.165) is 0 Å². The summed E-state index contributed by atoms with van der Waals surface area (Å²) in [6, 6.07) is 13.5. The highest BCUT2D eigenvalue weighted by atomic mass is 16.5. The average Bonchev–Trinajstić information content (AvgIpc) is 3.07. The predicted octanol–water partition coefficient (Wildman–Crippen LogP) is 3.62. The lowest BCUT2D eigenvalue weighted by molar-refractivity contribution is 0.0832. The van der Waals surface area contributed by atoms with Crippen LogP contribution in [0.1, 0.15) is 50.3 Å². The van der Waals surface area contributed by atoms with Gasteiger partial charge in [-0.1, -0.05) is 0 Å². The summed E-state index contributed by atoms with van der Waals surface area (Å²) in [7, 11) is 9.05. The third-order valence-electron chi connectivity index (χ3n) is 7.76. The van der Waals surface area contributed by atoms with Crippen LogP contribution in [0.25, 0.3) is 0 Å². The lowest BCUT2D eigenvalue weighted by atomic mass is 9.86. The van der Waals surface area contributed by atoms with Crippen LogP contribution in [0, 0.1) is 0 Å². The third kappa shape index (κ3) is 7.69. The zero-order chi connectivity index (χ0) is 32.5. The summed E-state index contributed by atoms with van der Waals surface area (Å²) in [6.45, 7) is 0. The van der Waals surface area contributed by atoms with Gasteiger partial charge in [0.25, 0.3) is 17.7 Å². The van der Waals surface area contributed by atoms with E-state index in [4.69, 9.17) is 28.4 Å². The molecule has 3 aromatic rings. The molecule has 1 aliphatic rings. The van der Waals surface area contributed by atoms with E-state index in [0.29, 0.717) is 70.4 Å². The first-order valence-electron chi connectivity index (χ1n) is 14.3. The number of hydrogen-bond acceptors (Lipinski definition) is 9. The van der Waals surface area contributed by atoms with E-state index in [9.17, 15) is 14.4 Å². The maximum atomic E-state index is 13.5. The number of nitrogens with one attached hydrogen (secondary N) is 3. The summed E-state index contributed by atoms with van der Waals surface area (Å²) in [4.78, 5) is 40.0. The Morgan fingerprint density at radius 2 is 0.844 bits per heavy atom. The molecular formula is C33H39N3O9. The van der Waals surface area contributed by atoms with Crippen LogP contribution < -0.4 is 44.4 Å². The zero-order valence-corrected chi connectivity index (χ0v) is 26.2. The van der Waals surface area contributed by atoms with E-state index in [2.05, 4.69) is 16.0 Å². The van der Waals surface area contributed by atoms with Crippen molar-refractivity contribution in [3.63, 3.8) is 0 Å². The van der Waals surface area contributed by atoms with Crippen molar-refractivity contribution in [1.82, 2.24) is 16.0 Å². The Balaban J connectivity index is 1.54. The fourth-order valence-electron chi connectivity index (χ4n) is 5.34. The second-order valence-corrected chi connectivity index (χ2v) is 10.4. The first-order chi connectivity index (χ1) is 21.7. The quantitative estimate of drug-likeness (QED) is 0.276. The molecule has 0 saturated heterocycles. The molecule has 45 heavy (non-hydrogen) atoms. The predicted molar refractivity (Wildman–Crippen MR) is 166 cm³/mol. The monoisotopic (exact) mass is 621 g/mol. The van der Waals surface area contributed by atoms with Crippen molar-refractivity contribution in [3.05, 3.63) is 71.3 Å². The van der Waals surface area contributed by atoms with Crippen LogP contribution in [0.15, 0.2) is 54.6 Å². The summed E-state index contributed by atoms with van der Waals surface area (Å²) in [6.07, 6.45) is 1.43. The van der Waals surface area contributed by atoms with E-state index in [1.807, 2.05) is 0 Å². The van der Waals surface area contributed by atoms with Crippen LogP contribution in [0.2, 0.25) is 0 Å². The number of ether oxygens (including phenoxy) is 6. The first kappa shape index (κ1) is 32.8. The Labute approximate surface area is 262 Å². The highest BCUT2D eigenvalue weighted by molar-refractivity contribution is 5.97. The van der Waals surface area contributed by atoms with Crippen molar-refractivity contribution < 1.29 is 42.8 Å². The number of benzene rings is 3. The van der Waals surface area contributed by atoms with Crippen LogP contribution in [0.4, 0.5) is 0 Å². The molecule has 3 amide bonds. The number of methoxy groups -OCH3 is 6. The smallest absolute Gasteiger partial charge is 0.251 e. The molecule has 3 unspecified atom stereocenters. The molecule has 12 heteroatoms. The molecule has 12 nitrogen and oxygen atoms in total. The van der Waals surface area contributed by atoms with Crippen LogP contribution >= 0.6 is 0 Å². The molecule has 0 spiro atoms. The van der Waals surface area contributed by atoms with Gasteiger partial charge in [-0.15, -0.1) is 0 Å². The van der Waals surface area contributed by atoms with Crippen molar-refractivity contribution in [2.24, 2.45) is 0 Å². The van der Waals surface area contributed by atoms with Crippen molar-refractivity contribution in [2.75, 3.05) is 42.7 Å². The van der Waals surface area contributed by atoms with Gasteiger partial charge in [0.15, 0.2) is 34.5 Å². The largest absolute Gasteiger partial charge is 0.493 e. The topological polar surface area (TPSA) is 143 Å². The van der Waals surface area contributed by atoms with Crippen LogP contribution in [0.5, 0.6) is 34.5 Å². The number of hydrogen-bond donors (Lipinski definition) is 3. The Morgan fingerprint density at radius 1 is 0.489 bits per heavy atom. The van der Waals surface area contributed by atoms with E-state index in [1.165, 1.54) is 42.7 Å². The molecule has 1 saturated carbocycles. The molecule has 0 heterocycles. The molecule has 3 aromatic carbocycles. The molecule has 3 N–H and O–H groups in total. The normalized spacial score (nSPS) is 17.3. The highest BCUT2D eigenvalue weighted by Crippen LogP contribution is 2.30. The van der Waals surface area contributed by atoms with Crippen LogP contribution in [-0.2, 0) is 0 Å². The molecule has 0 radical (unpaired) electrons. The van der Waals surface area contributed by atoms with Crippen LogP contribution in [0.3, 0.4) is 0 Å². The second-order valence-electron chi connectivity index (χ2n) is 10.4. The standard InChI is InChI=1S/C33H39N3O9/c1-40-25-12-7-19(15-28(25)43-4)31(37)34-22-10-11-23(35-32(38)20-8-13-26(41-2)29(16-20)44-5)24(18-22)36-33(39)21-9-14-27(42-3)30(17-21)45-6/h7-9,12-17,22-24H,10-11,18H2,1-6H3,(H,34,37)(H,35,38)(H,36,39). The van der Waals surface area contributed by atoms with Gasteiger partial charge >= 0.3 is 0 Å². The fraction of sp³-hybridized carbons (Fsp3) is 0.364. The fourth-order valence-corrected chi connectivity index (χ4v) is 5.34. The lowest BCUT2D eigenvalue weighted by Gasteiger charge is -2.37. The Kier molecular flexibility index (Phi) is 11.0. The molecule has 1 fully saturated rings. The Morgan fingerprint density at radius 3 is 1.22 bits per heavy atom. The van der Waals surface area contributed by atoms with Gasteiger partial charge in [0.2, 0.25) is 0 Å². The zero-order valence-electron chi connectivity index (χ0n) is 26.2. The van der Waals surface area contributed by atoms with Gasteiger partial charge in [-0.3, -0.25) is 14.4 Å². The molecule has 1 aliphatic carbocycles. The average molecular weight is 622 g/mol. The van der Waals surface area contributed by atoms with Gasteiger partial charge in [0, 0.05) is 28.8 Å². The van der Waals surface area contributed by atoms with Gasteiger partial charge in [-0.05, 0) is 73.9 Å². The minimum Gasteiger partial charge on any atom is -0.493 e. The number of carbonyl (C=O) groups excluding carboxylic acids is 3. The van der Waals surface area contributed by atoms with Gasteiger partial charge in [0.05, 0.1) is 48.7 Å². The van der Waals surface area contributed by atoms with Crippen molar-refractivity contribution in [3.8, 4) is 34.5 Å². The van der Waals surface area contributed by atoms with Gasteiger partial charge in [0.1, 0.15) is 0 Å². The van der Waals surface area contributed by atoms with E-state index < -0.39 is 12.1 Å². The molecule has 0 aliphatic heterocycles. The molecule has 0 bridgehead atoms. The number of amides is 3. The minimum atomic E-state index is -0.515. The minimum absolute atomic E-state index is 0.282. The SMILES string of the molecule is COc1ccc(C(=O)NC2CCC(NC(=O)c3ccc(OC)c(OC)c3)C(NC(=O)c3ccc(OC)c(OC)c3)C2)cc1OC. The summed E-state index contributed by atoms with van der Waals surface area (Å²) < 4.78 is 31.9. The van der Waals surface area contributed by atoms with Crippen molar-refractivity contribution in [1.29, 1.82) is 0 Å². The summed E-state index contributed by atoms with van der Waals surface area (Å²) in [5.74, 6) is 1.78. The third-order valence-corrected chi connectivity index (χ3v) is 7.76. The molecule has 0 aromatic heterocycles. The highest BCUT2D eigenvalue weighted by Gasteiger charge is 2.34. The van der Waals surface area contributed by atoms with Crippen molar-refractivity contribution in [2.45, 2.75) is 37.4 Å². The number of carbonyl (C=O) groups is 3. The van der Waals surface area contributed by atoms with Crippen LogP contribution in [-0.4, -0.2) is 78.5 Å². The lowest BCUT2D eigenvalue weighted by Crippen LogP contribution is -2.57. The maximum absolute atomic E-state index is 13.5. The van der Waals surface area contributed by atoms with Gasteiger partial charge in [-0.25, -0.2) is 0 Å². The summed E-state index contributed by atoms with van der Waals surface area (Å²) in [5, 5.41) is 9.20. The van der Waals surface area contributed by atoms with Crippen molar-refractivity contribution >= 4 is 17.7 Å². The molecule has 4 rings (SSSR count). The van der Waals surface area contributed by atoms with Gasteiger partial charge in [-0.2, -0.15) is 0 Å². The Bertz CT molecular complexity index is 1530. The van der Waals surface area contributed by atoms with E-state index >= 15 is 0 Å². The van der Waals surface area contributed by atoms with E-state index in [-0.39, 0.29) is 23.8 Å².